The van der Waals surface area contributed by atoms with Crippen molar-refractivity contribution in [1.29, 1.82) is 0 Å². The third-order valence-corrected chi connectivity index (χ3v) is 6.28. The van der Waals surface area contributed by atoms with Crippen LogP contribution in [-0.2, 0) is 4.79 Å². The Morgan fingerprint density at radius 1 is 1.21 bits per heavy atom. The van der Waals surface area contributed by atoms with E-state index in [0.29, 0.717) is 35.3 Å². The molecule has 0 spiro atoms. The van der Waals surface area contributed by atoms with E-state index in [-0.39, 0.29) is 12.5 Å². The highest BCUT2D eigenvalue weighted by atomic mass is 16.5. The highest BCUT2D eigenvalue weighted by Crippen LogP contribution is 2.30. The van der Waals surface area contributed by atoms with E-state index in [9.17, 15) is 4.79 Å². The lowest BCUT2D eigenvalue weighted by Gasteiger charge is -2.31. The van der Waals surface area contributed by atoms with Crippen molar-refractivity contribution >= 4 is 17.4 Å². The van der Waals surface area contributed by atoms with Crippen molar-refractivity contribution < 1.29 is 9.53 Å². The number of anilines is 2. The van der Waals surface area contributed by atoms with Gasteiger partial charge in [0.15, 0.2) is 12.4 Å². The Morgan fingerprint density at radius 2 is 2.15 bits per heavy atom. The third-order valence-electron chi connectivity index (χ3n) is 6.28. The Bertz CT molecular complexity index is 1140. The molecule has 2 fully saturated rings. The number of fused-ring (bicyclic) bond motifs is 1. The van der Waals surface area contributed by atoms with Gasteiger partial charge in [-0.3, -0.25) is 15.6 Å². The molecule has 3 atom stereocenters. The van der Waals surface area contributed by atoms with Gasteiger partial charge >= 0.3 is 0 Å². The molecule has 2 aromatic heterocycles. The quantitative estimate of drug-likeness (QED) is 0.420. The minimum atomic E-state index is -0.279. The molecule has 176 valence electrons. The van der Waals surface area contributed by atoms with Gasteiger partial charge in [-0.05, 0) is 50.3 Å². The van der Waals surface area contributed by atoms with Crippen LogP contribution in [0, 0.1) is 12.8 Å². The van der Waals surface area contributed by atoms with Crippen molar-refractivity contribution in [1.82, 2.24) is 31.0 Å². The zero-order valence-electron chi connectivity index (χ0n) is 19.0. The first kappa shape index (κ1) is 22.2. The summed E-state index contributed by atoms with van der Waals surface area (Å²) in [7, 11) is 0. The van der Waals surface area contributed by atoms with Crippen molar-refractivity contribution in [3.8, 4) is 17.1 Å². The molecule has 1 amide bonds. The van der Waals surface area contributed by atoms with E-state index < -0.39 is 0 Å². The van der Waals surface area contributed by atoms with Gasteiger partial charge < -0.3 is 15.4 Å². The zero-order chi connectivity index (χ0) is 23.3. The molecular formula is C24H28N8O2. The van der Waals surface area contributed by atoms with E-state index >= 15 is 0 Å². The van der Waals surface area contributed by atoms with Crippen LogP contribution in [-0.4, -0.2) is 51.3 Å². The molecular weight excluding hydrogens is 432 g/mol. The third kappa shape index (κ3) is 5.29. The van der Waals surface area contributed by atoms with E-state index in [2.05, 4.69) is 36.7 Å². The van der Waals surface area contributed by atoms with Crippen molar-refractivity contribution in [2.24, 2.45) is 5.92 Å². The summed E-state index contributed by atoms with van der Waals surface area (Å²) in [6.07, 6.45) is 8.21. The number of hydrazine groups is 1. The second kappa shape index (κ2) is 10.1. The molecule has 5 rings (SSSR count). The molecule has 1 saturated heterocycles. The van der Waals surface area contributed by atoms with Crippen molar-refractivity contribution in [3.05, 3.63) is 54.5 Å². The Balaban J connectivity index is 1.23. The SMILES string of the molecule is Cc1cnc(-c2cccc(OCC(=O)Nc3ccnnc3)c2)nc1NC1CCC2NNCC2C1. The number of amides is 1. The number of ether oxygens (including phenoxy) is 1. The van der Waals surface area contributed by atoms with E-state index in [0.717, 1.165) is 42.8 Å². The zero-order valence-corrected chi connectivity index (χ0v) is 19.0. The minimum absolute atomic E-state index is 0.124. The molecule has 34 heavy (non-hydrogen) atoms. The average molecular weight is 461 g/mol. The average Bonchev–Trinajstić information content (AvgIpc) is 3.33. The van der Waals surface area contributed by atoms with Crippen LogP contribution >= 0.6 is 0 Å². The summed E-state index contributed by atoms with van der Waals surface area (Å²) in [6.45, 7) is 2.91. The molecule has 3 heterocycles. The fourth-order valence-corrected chi connectivity index (χ4v) is 4.49. The fraction of sp³-hybridized carbons (Fsp3) is 0.375. The molecule has 2 aliphatic rings. The predicted octanol–water partition coefficient (Wildman–Crippen LogP) is 2.32. The summed E-state index contributed by atoms with van der Waals surface area (Å²) in [4.78, 5) is 21.5. The first-order valence-electron chi connectivity index (χ1n) is 11.5. The van der Waals surface area contributed by atoms with Gasteiger partial charge in [0.25, 0.3) is 5.91 Å². The lowest BCUT2D eigenvalue weighted by atomic mass is 9.83. The maximum absolute atomic E-state index is 12.2. The number of nitrogens with zero attached hydrogens (tertiary/aromatic N) is 4. The molecule has 3 aromatic rings. The van der Waals surface area contributed by atoms with Crippen molar-refractivity contribution in [2.75, 3.05) is 23.8 Å². The second-order valence-corrected chi connectivity index (χ2v) is 8.77. The van der Waals surface area contributed by atoms with Crippen LogP contribution in [0.2, 0.25) is 0 Å². The molecule has 0 bridgehead atoms. The summed E-state index contributed by atoms with van der Waals surface area (Å²) in [6, 6.07) is 10.1. The van der Waals surface area contributed by atoms with Crippen LogP contribution in [0.25, 0.3) is 11.4 Å². The summed E-state index contributed by atoms with van der Waals surface area (Å²) >= 11 is 0. The van der Waals surface area contributed by atoms with E-state index in [1.807, 2.05) is 31.3 Å². The van der Waals surface area contributed by atoms with Crippen LogP contribution in [0.3, 0.4) is 0 Å². The van der Waals surface area contributed by atoms with Gasteiger partial charge in [0.05, 0.1) is 18.1 Å². The van der Waals surface area contributed by atoms with Crippen LogP contribution in [0.4, 0.5) is 11.5 Å². The minimum Gasteiger partial charge on any atom is -0.484 e. The van der Waals surface area contributed by atoms with Gasteiger partial charge in [-0.25, -0.2) is 9.97 Å². The normalized spacial score (nSPS) is 21.5. The van der Waals surface area contributed by atoms with Crippen LogP contribution in [0.5, 0.6) is 5.75 Å². The fourth-order valence-electron chi connectivity index (χ4n) is 4.49. The standard InChI is InChI=1S/C24H28N8O2/c1-15-11-25-24(31-23(15)30-18-5-6-21-17(9-18)12-28-32-21)16-3-2-4-20(10-16)34-14-22(33)29-19-7-8-26-27-13-19/h2-4,7-8,10-11,13,17-18,21,28,32H,5-6,9,12,14H2,1H3,(H,25,30,31)(H,26,29,33). The molecule has 1 aliphatic carbocycles. The highest BCUT2D eigenvalue weighted by Gasteiger charge is 2.33. The number of carbonyl (C=O) groups excluding carboxylic acids is 1. The maximum atomic E-state index is 12.2. The number of benzene rings is 1. The lowest BCUT2D eigenvalue weighted by molar-refractivity contribution is -0.118. The molecule has 1 aromatic carbocycles. The van der Waals surface area contributed by atoms with Crippen LogP contribution in [0.1, 0.15) is 24.8 Å². The lowest BCUT2D eigenvalue weighted by Crippen LogP contribution is -2.39. The summed E-state index contributed by atoms with van der Waals surface area (Å²) < 4.78 is 5.69. The van der Waals surface area contributed by atoms with Gasteiger partial charge in [-0.1, -0.05) is 12.1 Å². The number of hydrogen-bond acceptors (Lipinski definition) is 9. The Kier molecular flexibility index (Phi) is 6.59. The molecule has 1 saturated carbocycles. The van der Waals surface area contributed by atoms with Crippen molar-refractivity contribution in [2.45, 2.75) is 38.3 Å². The van der Waals surface area contributed by atoms with Gasteiger partial charge in [0, 0.05) is 36.0 Å². The van der Waals surface area contributed by atoms with Crippen LogP contribution in [0.15, 0.2) is 48.9 Å². The first-order chi connectivity index (χ1) is 16.6. The number of hydrogen-bond donors (Lipinski definition) is 4. The van der Waals surface area contributed by atoms with Gasteiger partial charge in [-0.2, -0.15) is 10.2 Å². The van der Waals surface area contributed by atoms with E-state index in [1.165, 1.54) is 12.4 Å². The highest BCUT2D eigenvalue weighted by molar-refractivity contribution is 5.91. The molecule has 1 aliphatic heterocycles. The molecule has 3 unspecified atom stereocenters. The summed E-state index contributed by atoms with van der Waals surface area (Å²) in [5.41, 5.74) is 9.07. The topological polar surface area (TPSA) is 126 Å². The number of aryl methyl sites for hydroxylation is 1. The molecule has 0 radical (unpaired) electrons. The van der Waals surface area contributed by atoms with Crippen molar-refractivity contribution in [3.63, 3.8) is 0 Å². The van der Waals surface area contributed by atoms with Gasteiger partial charge in [-0.15, -0.1) is 0 Å². The van der Waals surface area contributed by atoms with E-state index in [4.69, 9.17) is 9.72 Å². The Labute approximate surface area is 197 Å². The van der Waals surface area contributed by atoms with E-state index in [1.54, 1.807) is 12.1 Å². The second-order valence-electron chi connectivity index (χ2n) is 8.77. The number of nitrogens with one attached hydrogen (secondary N) is 4. The maximum Gasteiger partial charge on any atom is 0.262 e. The largest absolute Gasteiger partial charge is 0.484 e. The first-order valence-corrected chi connectivity index (χ1v) is 11.5. The summed E-state index contributed by atoms with van der Waals surface area (Å²) in [5, 5.41) is 13.8. The Hall–Kier alpha value is -3.63. The number of rotatable bonds is 7. The number of aromatic nitrogens is 4. The molecule has 10 nitrogen and oxygen atoms in total. The smallest absolute Gasteiger partial charge is 0.262 e. The predicted molar refractivity (Wildman–Crippen MR) is 128 cm³/mol. The monoisotopic (exact) mass is 460 g/mol. The number of carbonyl (C=O) groups is 1. The van der Waals surface area contributed by atoms with Gasteiger partial charge in [0.2, 0.25) is 0 Å². The molecule has 4 N–H and O–H groups in total. The van der Waals surface area contributed by atoms with Gasteiger partial charge in [0.1, 0.15) is 11.6 Å². The van der Waals surface area contributed by atoms with Crippen LogP contribution < -0.4 is 26.2 Å². The molecule has 10 heteroatoms. The summed E-state index contributed by atoms with van der Waals surface area (Å²) in [5.74, 6) is 2.42. The Morgan fingerprint density at radius 3 is 3.03 bits per heavy atom.